The van der Waals surface area contributed by atoms with E-state index >= 15 is 0 Å². The van der Waals surface area contributed by atoms with Crippen LogP contribution >= 0.6 is 0 Å². The molecule has 0 spiro atoms. The fourth-order valence-electron chi connectivity index (χ4n) is 0.859. The number of hydrogen-bond acceptors (Lipinski definition) is 3. The Bertz CT molecular complexity index is 277. The third-order valence-corrected chi connectivity index (χ3v) is 1.37. The van der Waals surface area contributed by atoms with Gasteiger partial charge in [-0.3, -0.25) is 0 Å². The van der Waals surface area contributed by atoms with Gasteiger partial charge in [-0.2, -0.15) is 0 Å². The van der Waals surface area contributed by atoms with Gasteiger partial charge < -0.3 is 14.7 Å². The third-order valence-electron chi connectivity index (χ3n) is 1.37. The molecule has 0 bridgehead atoms. The first-order valence-corrected chi connectivity index (χ1v) is 3.38. The maximum atomic E-state index is 12.5. The van der Waals surface area contributed by atoms with Crippen molar-refractivity contribution in [1.82, 2.24) is 0 Å². The van der Waals surface area contributed by atoms with Crippen LogP contribution in [0.5, 0.6) is 5.75 Å². The fraction of sp³-hybridized carbons (Fsp3) is 0.143. The molecular weight excluding hydrogens is 162 g/mol. The molecule has 0 fully saturated rings. The second kappa shape index (κ2) is 3.56. The van der Waals surface area contributed by atoms with E-state index in [-0.39, 0.29) is 11.6 Å². The Morgan fingerprint density at radius 2 is 2.08 bits per heavy atom. The molecule has 0 unspecified atom stereocenters. The minimum atomic E-state index is -1.87. The van der Waals surface area contributed by atoms with Crippen LogP contribution in [0.4, 0.5) is 4.39 Å². The molecule has 2 N–H and O–H groups in total. The van der Waals surface area contributed by atoms with Crippen LogP contribution < -0.4 is 4.65 Å². The molecule has 12 heavy (non-hydrogen) atoms. The Balaban J connectivity index is 2.86. The molecule has 0 aliphatic carbocycles. The van der Waals surface area contributed by atoms with Gasteiger partial charge >= 0.3 is 7.32 Å². The number of benzene rings is 1. The van der Waals surface area contributed by atoms with Crippen LogP contribution in [0, 0.1) is 12.7 Å². The highest BCUT2D eigenvalue weighted by atomic mass is 19.1. The van der Waals surface area contributed by atoms with Crippen LogP contribution in [-0.4, -0.2) is 17.4 Å². The van der Waals surface area contributed by atoms with Crippen LogP contribution in [0.25, 0.3) is 0 Å². The van der Waals surface area contributed by atoms with E-state index in [1.165, 1.54) is 18.2 Å². The van der Waals surface area contributed by atoms with E-state index in [1.54, 1.807) is 6.92 Å². The van der Waals surface area contributed by atoms with Crippen molar-refractivity contribution in [3.63, 3.8) is 0 Å². The summed E-state index contributed by atoms with van der Waals surface area (Å²) in [5.41, 5.74) is 0.517. The molecule has 1 aromatic carbocycles. The second-order valence-corrected chi connectivity index (χ2v) is 2.35. The highest BCUT2D eigenvalue weighted by Gasteiger charge is 2.12. The van der Waals surface area contributed by atoms with Crippen molar-refractivity contribution in [2.24, 2.45) is 0 Å². The average molecular weight is 170 g/mol. The average Bonchev–Trinajstić information content (AvgIpc) is 1.94. The van der Waals surface area contributed by atoms with Crippen molar-refractivity contribution in [1.29, 1.82) is 0 Å². The van der Waals surface area contributed by atoms with E-state index in [4.69, 9.17) is 10.0 Å². The second-order valence-electron chi connectivity index (χ2n) is 2.35. The van der Waals surface area contributed by atoms with Crippen LogP contribution in [0.1, 0.15) is 5.56 Å². The molecule has 5 heteroatoms. The van der Waals surface area contributed by atoms with Crippen molar-refractivity contribution in [3.05, 3.63) is 29.6 Å². The number of rotatable bonds is 2. The summed E-state index contributed by atoms with van der Waals surface area (Å²) in [5.74, 6) is -0.126. The van der Waals surface area contributed by atoms with Crippen LogP contribution in [0.15, 0.2) is 18.2 Å². The third kappa shape index (κ3) is 2.22. The van der Waals surface area contributed by atoms with Gasteiger partial charge in [0.05, 0.1) is 0 Å². The Morgan fingerprint density at radius 3 is 2.58 bits per heavy atom. The molecule has 64 valence electrons. The summed E-state index contributed by atoms with van der Waals surface area (Å²) in [4.78, 5) is 0. The quantitative estimate of drug-likeness (QED) is 0.634. The topological polar surface area (TPSA) is 49.7 Å². The Labute approximate surface area is 69.6 Å². The minimum absolute atomic E-state index is 0.256. The van der Waals surface area contributed by atoms with Crippen LogP contribution in [0.3, 0.4) is 0 Å². The maximum Gasteiger partial charge on any atom is 0.707 e. The predicted octanol–water partition coefficient (Wildman–Crippen LogP) is 0.482. The van der Waals surface area contributed by atoms with Gasteiger partial charge in [-0.1, -0.05) is 0 Å². The van der Waals surface area contributed by atoms with Gasteiger partial charge in [0.25, 0.3) is 0 Å². The molecule has 0 heterocycles. The lowest BCUT2D eigenvalue weighted by Gasteiger charge is -2.06. The Kier molecular flexibility index (Phi) is 2.67. The summed E-state index contributed by atoms with van der Waals surface area (Å²) >= 11 is 0. The largest absolute Gasteiger partial charge is 0.707 e. The summed E-state index contributed by atoms with van der Waals surface area (Å²) in [6.07, 6.45) is 0. The van der Waals surface area contributed by atoms with E-state index in [2.05, 4.69) is 4.65 Å². The zero-order valence-electron chi connectivity index (χ0n) is 6.49. The zero-order chi connectivity index (χ0) is 9.14. The molecule has 0 saturated carbocycles. The smallest absolute Gasteiger partial charge is 0.512 e. The van der Waals surface area contributed by atoms with Crippen molar-refractivity contribution < 1.29 is 19.1 Å². The van der Waals surface area contributed by atoms with Gasteiger partial charge in [0.2, 0.25) is 0 Å². The minimum Gasteiger partial charge on any atom is -0.512 e. The number of halogens is 1. The lowest BCUT2D eigenvalue weighted by Crippen LogP contribution is -2.21. The summed E-state index contributed by atoms with van der Waals surface area (Å²) in [6.45, 7) is 1.61. The molecule has 0 amide bonds. The Morgan fingerprint density at radius 1 is 1.42 bits per heavy atom. The molecule has 0 radical (unpaired) electrons. The molecule has 1 aromatic rings. The summed E-state index contributed by atoms with van der Waals surface area (Å²) in [5, 5.41) is 16.9. The lowest BCUT2D eigenvalue weighted by molar-refractivity contribution is 0.287. The van der Waals surface area contributed by atoms with Gasteiger partial charge in [-0.15, -0.1) is 0 Å². The van der Waals surface area contributed by atoms with Gasteiger partial charge in [0.15, 0.2) is 0 Å². The molecule has 0 aromatic heterocycles. The van der Waals surface area contributed by atoms with Crippen LogP contribution in [-0.2, 0) is 0 Å². The van der Waals surface area contributed by atoms with Crippen molar-refractivity contribution in [3.8, 4) is 5.75 Å². The molecular formula is C7H8BFO3. The summed E-state index contributed by atoms with van der Waals surface area (Å²) < 4.78 is 17.0. The van der Waals surface area contributed by atoms with Gasteiger partial charge in [0, 0.05) is 0 Å². The highest BCUT2D eigenvalue weighted by Crippen LogP contribution is 2.18. The first-order chi connectivity index (χ1) is 5.59. The first-order valence-electron chi connectivity index (χ1n) is 3.38. The first kappa shape index (κ1) is 9.03. The standard InChI is InChI=1S/C7H8BFO3/c1-5-4-6(9)2-3-7(5)12-8(10)11/h2-4,10-11H,1H3. The number of aryl methyl sites for hydroxylation is 1. The van der Waals surface area contributed by atoms with Crippen molar-refractivity contribution >= 4 is 7.32 Å². The van der Waals surface area contributed by atoms with E-state index in [1.807, 2.05) is 0 Å². The van der Waals surface area contributed by atoms with E-state index < -0.39 is 7.32 Å². The van der Waals surface area contributed by atoms with E-state index in [9.17, 15) is 4.39 Å². The van der Waals surface area contributed by atoms with Crippen molar-refractivity contribution in [2.75, 3.05) is 0 Å². The zero-order valence-corrected chi connectivity index (χ0v) is 6.49. The van der Waals surface area contributed by atoms with Gasteiger partial charge in [-0.25, -0.2) is 4.39 Å². The molecule has 0 atom stereocenters. The van der Waals surface area contributed by atoms with Gasteiger partial charge in [0.1, 0.15) is 11.6 Å². The molecule has 0 saturated heterocycles. The van der Waals surface area contributed by atoms with E-state index in [0.717, 1.165) is 0 Å². The summed E-state index contributed by atoms with van der Waals surface area (Å²) in [6, 6.07) is 3.77. The normalized spacial score (nSPS) is 9.67. The Hall–Kier alpha value is -1.07. The molecule has 0 aliphatic rings. The monoisotopic (exact) mass is 170 g/mol. The predicted molar refractivity (Wildman–Crippen MR) is 42.0 cm³/mol. The summed E-state index contributed by atoms with van der Waals surface area (Å²) in [7, 11) is -1.87. The SMILES string of the molecule is Cc1cc(F)ccc1OB(O)O. The maximum absolute atomic E-state index is 12.5. The molecule has 1 rings (SSSR count). The van der Waals surface area contributed by atoms with E-state index in [0.29, 0.717) is 5.56 Å². The fourth-order valence-corrected chi connectivity index (χ4v) is 0.859. The van der Waals surface area contributed by atoms with Gasteiger partial charge in [-0.05, 0) is 30.7 Å². The molecule has 0 aliphatic heterocycles. The van der Waals surface area contributed by atoms with Crippen molar-refractivity contribution in [2.45, 2.75) is 6.92 Å². The van der Waals surface area contributed by atoms with Crippen LogP contribution in [0.2, 0.25) is 0 Å². The lowest BCUT2D eigenvalue weighted by atomic mass is 10.2. The molecule has 3 nitrogen and oxygen atoms in total. The number of hydrogen-bond donors (Lipinski definition) is 2. The highest BCUT2D eigenvalue weighted by molar-refractivity contribution is 6.33.